The first-order valence-corrected chi connectivity index (χ1v) is 5.09. The quantitative estimate of drug-likeness (QED) is 0.307. The predicted octanol–water partition coefficient (Wildman–Crippen LogP) is -7.22. The summed E-state index contributed by atoms with van der Waals surface area (Å²) < 4.78 is 0. The smallest absolute Gasteiger partial charge is 1.00 e. The molecule has 122 valence electrons. The number of rotatable bonds is 0. The third-order valence-corrected chi connectivity index (χ3v) is 2.81. The Labute approximate surface area is 157 Å². The number of aliphatic hydroxyl groups is 3. The van der Waals surface area contributed by atoms with E-state index >= 15 is 0 Å². The molecule has 3 nitrogen and oxygen atoms in total. The molecule has 0 bridgehead atoms. The Morgan fingerprint density at radius 2 is 0.750 bits per heavy atom. The summed E-state index contributed by atoms with van der Waals surface area (Å²) in [5.41, 5.74) is 7.34. The van der Waals surface area contributed by atoms with Gasteiger partial charge in [0.05, 0.1) is 0 Å². The Hall–Kier alpha value is 0.814. The Bertz CT molecular complexity index is 200. The van der Waals surface area contributed by atoms with Crippen molar-refractivity contribution in [3.05, 3.63) is 27.8 Å². The van der Waals surface area contributed by atoms with Crippen molar-refractivity contribution < 1.29 is 74.3 Å². The average molecular weight is 386 g/mol. The van der Waals surface area contributed by atoms with Gasteiger partial charge in [-0.25, -0.2) is 0 Å². The maximum absolute atomic E-state index is 7.00. The predicted molar refractivity (Wildman–Crippen MR) is 70.1 cm³/mol. The van der Waals surface area contributed by atoms with Crippen LogP contribution in [0, 0.1) is 34.6 Å². The average Bonchev–Trinajstić information content (AvgIpc) is 2.55. The minimum Gasteiger partial charge on any atom is -1.00 e. The van der Waals surface area contributed by atoms with Crippen molar-refractivity contribution in [3.8, 4) is 0 Å². The Kier molecular flexibility index (Phi) is 60.0. The Morgan fingerprint density at radius 1 is 0.600 bits per heavy atom. The molecule has 7 heteroatoms. The van der Waals surface area contributed by atoms with Crippen molar-refractivity contribution in [2.75, 3.05) is 21.3 Å². The molecule has 0 radical (unpaired) electrons. The summed E-state index contributed by atoms with van der Waals surface area (Å²) in [6, 6.07) is 0. The van der Waals surface area contributed by atoms with Crippen molar-refractivity contribution in [1.82, 2.24) is 0 Å². The summed E-state index contributed by atoms with van der Waals surface area (Å²) >= 11 is 0. The summed E-state index contributed by atoms with van der Waals surface area (Å²) in [7, 11) is 3.00. The second kappa shape index (κ2) is 28.0. The van der Waals surface area contributed by atoms with E-state index in [-0.39, 0.29) is 58.9 Å². The SMILES string of the molecule is CO.CO.CO.Cc1c(C)c(C)[c-](C)c1C.[Cl-].[Cl-].[Cl-].[Ti+4]. The van der Waals surface area contributed by atoms with Crippen molar-refractivity contribution >= 4 is 0 Å². The number of hydrogen-bond acceptors (Lipinski definition) is 3. The van der Waals surface area contributed by atoms with E-state index in [9.17, 15) is 0 Å². The molecule has 0 aliphatic heterocycles. The second-order valence-corrected chi connectivity index (χ2v) is 3.12. The molecule has 0 aliphatic rings. The molecular formula is C13H27Cl3O3Ti. The molecule has 1 aromatic carbocycles. The normalized spacial score (nSPS) is 6.15. The van der Waals surface area contributed by atoms with Crippen LogP contribution in [-0.2, 0) is 21.7 Å². The van der Waals surface area contributed by atoms with Crippen molar-refractivity contribution in [1.29, 1.82) is 0 Å². The molecule has 0 aliphatic carbocycles. The van der Waals surface area contributed by atoms with Crippen LogP contribution in [0.3, 0.4) is 0 Å². The van der Waals surface area contributed by atoms with Crippen LogP contribution in [0.25, 0.3) is 0 Å². The van der Waals surface area contributed by atoms with E-state index in [4.69, 9.17) is 15.3 Å². The molecule has 0 spiro atoms. The van der Waals surface area contributed by atoms with Crippen LogP contribution in [0.4, 0.5) is 0 Å². The summed E-state index contributed by atoms with van der Waals surface area (Å²) in [6.45, 7) is 11.0. The van der Waals surface area contributed by atoms with Gasteiger partial charge in [-0.2, -0.15) is 27.8 Å². The van der Waals surface area contributed by atoms with Crippen LogP contribution in [0.5, 0.6) is 0 Å². The molecule has 0 atom stereocenters. The van der Waals surface area contributed by atoms with Crippen molar-refractivity contribution in [2.45, 2.75) is 34.6 Å². The molecule has 0 heterocycles. The monoisotopic (exact) mass is 384 g/mol. The van der Waals surface area contributed by atoms with Crippen LogP contribution in [0.15, 0.2) is 0 Å². The molecule has 1 aromatic rings. The molecule has 1 rings (SSSR count). The number of hydrogen-bond donors (Lipinski definition) is 3. The first kappa shape index (κ1) is 42.8. The molecule has 20 heavy (non-hydrogen) atoms. The van der Waals surface area contributed by atoms with Gasteiger partial charge in [0.2, 0.25) is 0 Å². The third-order valence-electron chi connectivity index (χ3n) is 2.81. The molecule has 0 saturated carbocycles. The Morgan fingerprint density at radius 3 is 0.800 bits per heavy atom. The van der Waals surface area contributed by atoms with Gasteiger partial charge in [0.25, 0.3) is 0 Å². The summed E-state index contributed by atoms with van der Waals surface area (Å²) in [4.78, 5) is 0. The fraction of sp³-hybridized carbons (Fsp3) is 0.615. The van der Waals surface area contributed by atoms with Gasteiger partial charge < -0.3 is 52.5 Å². The van der Waals surface area contributed by atoms with Gasteiger partial charge in [-0.15, -0.1) is 0 Å². The van der Waals surface area contributed by atoms with E-state index in [1.54, 1.807) is 0 Å². The molecule has 0 aromatic heterocycles. The zero-order valence-corrected chi connectivity index (χ0v) is 17.3. The summed E-state index contributed by atoms with van der Waals surface area (Å²) in [6.07, 6.45) is 0. The molecule has 0 unspecified atom stereocenters. The first-order valence-electron chi connectivity index (χ1n) is 5.09. The van der Waals surface area contributed by atoms with Crippen LogP contribution in [-0.4, -0.2) is 36.6 Å². The van der Waals surface area contributed by atoms with Gasteiger partial charge in [0.1, 0.15) is 0 Å². The molecule has 0 saturated heterocycles. The van der Waals surface area contributed by atoms with Gasteiger partial charge in [-0.05, 0) is 0 Å². The second-order valence-electron chi connectivity index (χ2n) is 3.12. The zero-order valence-electron chi connectivity index (χ0n) is 13.5. The third kappa shape index (κ3) is 13.8. The number of aliphatic hydroxyl groups excluding tert-OH is 3. The van der Waals surface area contributed by atoms with Crippen LogP contribution in [0.1, 0.15) is 27.8 Å². The van der Waals surface area contributed by atoms with Crippen molar-refractivity contribution in [3.63, 3.8) is 0 Å². The van der Waals surface area contributed by atoms with E-state index in [1.807, 2.05) is 0 Å². The van der Waals surface area contributed by atoms with E-state index in [1.165, 1.54) is 27.8 Å². The van der Waals surface area contributed by atoms with Crippen LogP contribution in [0.2, 0.25) is 0 Å². The largest absolute Gasteiger partial charge is 4.00 e. The van der Waals surface area contributed by atoms with Gasteiger partial charge in [-0.3, -0.25) is 0 Å². The van der Waals surface area contributed by atoms with Crippen LogP contribution >= 0.6 is 0 Å². The van der Waals surface area contributed by atoms with E-state index in [2.05, 4.69) is 34.6 Å². The first-order chi connectivity index (χ1) is 7.55. The summed E-state index contributed by atoms with van der Waals surface area (Å²) in [5, 5.41) is 21.0. The Balaban J connectivity index is -0.0000000303. The fourth-order valence-corrected chi connectivity index (χ4v) is 1.41. The molecular weight excluding hydrogens is 358 g/mol. The van der Waals surface area contributed by atoms with Gasteiger partial charge in [0, 0.05) is 21.3 Å². The van der Waals surface area contributed by atoms with Gasteiger partial charge in [-0.1, -0.05) is 34.6 Å². The summed E-state index contributed by atoms with van der Waals surface area (Å²) in [5.74, 6) is 0. The fourth-order valence-electron chi connectivity index (χ4n) is 1.41. The number of halogens is 3. The standard InChI is InChI=1S/C10H15.3CH4O.3ClH.Ti/c1-6-7(2)9(4)10(5)8(6)3;3*1-2;;;;/h1-5H3;3*2H,1H3;3*1H;/q-1;;;;;;;+4/p-3. The minimum absolute atomic E-state index is 0. The maximum atomic E-state index is 7.00. The molecule has 0 amide bonds. The van der Waals surface area contributed by atoms with Gasteiger partial charge in [0.15, 0.2) is 0 Å². The minimum atomic E-state index is 0. The van der Waals surface area contributed by atoms with E-state index < -0.39 is 0 Å². The topological polar surface area (TPSA) is 60.7 Å². The van der Waals surface area contributed by atoms with Crippen LogP contribution < -0.4 is 37.2 Å². The van der Waals surface area contributed by atoms with Crippen molar-refractivity contribution in [2.24, 2.45) is 0 Å². The maximum Gasteiger partial charge on any atom is 4.00 e. The van der Waals surface area contributed by atoms with Gasteiger partial charge >= 0.3 is 21.7 Å². The zero-order chi connectivity index (χ0) is 13.9. The van der Waals surface area contributed by atoms with E-state index in [0.717, 1.165) is 21.3 Å². The van der Waals surface area contributed by atoms with E-state index in [0.29, 0.717) is 0 Å². The molecule has 3 N–H and O–H groups in total. The molecule has 0 fully saturated rings.